The number of hydrogen-bond acceptors (Lipinski definition) is 2. The Labute approximate surface area is 108 Å². The fourth-order valence-corrected chi connectivity index (χ4v) is 1.41. The van der Waals surface area contributed by atoms with Gasteiger partial charge in [-0.15, -0.1) is 0 Å². The summed E-state index contributed by atoms with van der Waals surface area (Å²) in [5, 5.41) is -0.397. The minimum Gasteiger partial charge on any atom is -0.287 e. The molecule has 0 aromatic heterocycles. The number of carbonyl (C=O) groups is 1. The first-order valence-corrected chi connectivity index (χ1v) is 5.88. The summed E-state index contributed by atoms with van der Waals surface area (Å²) in [5.74, 6) is 5.41. The van der Waals surface area contributed by atoms with Crippen molar-refractivity contribution in [1.82, 2.24) is 4.90 Å². The monoisotopic (exact) mass is 247 g/mol. The van der Waals surface area contributed by atoms with Crippen LogP contribution in [-0.2, 0) is 11.3 Å². The van der Waals surface area contributed by atoms with Crippen molar-refractivity contribution >= 4 is 17.7 Å². The Balaban J connectivity index is 2.74. The number of rotatable bonds is 3. The Morgan fingerprint density at radius 3 is 2.47 bits per heavy atom. The van der Waals surface area contributed by atoms with Crippen LogP contribution in [0.3, 0.4) is 0 Å². The van der Waals surface area contributed by atoms with E-state index in [0.717, 1.165) is 6.54 Å². The number of hydrogen-bond donors (Lipinski definition) is 1. The molecule has 0 aliphatic heterocycles. The van der Waals surface area contributed by atoms with Gasteiger partial charge in [-0.2, -0.15) is 0 Å². The van der Waals surface area contributed by atoms with Crippen LogP contribution in [0.15, 0.2) is 30.3 Å². The van der Waals surface area contributed by atoms with Crippen LogP contribution in [0.4, 0.5) is 0 Å². The van der Waals surface area contributed by atoms with Crippen molar-refractivity contribution in [3.63, 3.8) is 0 Å². The van der Waals surface area contributed by atoms with Gasteiger partial charge in [-0.25, -0.2) is 0 Å². The molecule has 0 spiro atoms. The molecule has 17 heavy (non-hydrogen) atoms. The molecule has 0 radical (unpaired) electrons. The second kappa shape index (κ2) is 5.90. The molecule has 1 rings (SSSR count). The van der Waals surface area contributed by atoms with Gasteiger partial charge < -0.3 is 0 Å². The van der Waals surface area contributed by atoms with E-state index in [0.29, 0.717) is 0 Å². The van der Waals surface area contributed by atoms with Crippen molar-refractivity contribution in [2.24, 2.45) is 0 Å². The van der Waals surface area contributed by atoms with Gasteiger partial charge in [0.05, 0.1) is 5.54 Å². The van der Waals surface area contributed by atoms with Gasteiger partial charge >= 0.3 is 0 Å². The maximum absolute atomic E-state index is 10.7. The van der Waals surface area contributed by atoms with E-state index >= 15 is 0 Å². The first-order valence-electron chi connectivity index (χ1n) is 5.43. The van der Waals surface area contributed by atoms with Crippen LogP contribution >= 0.6 is 12.6 Å². The Hall–Kier alpha value is -1.24. The first kappa shape index (κ1) is 13.8. The topological polar surface area (TPSA) is 20.3 Å². The lowest BCUT2D eigenvalue weighted by Crippen LogP contribution is -2.39. The van der Waals surface area contributed by atoms with Crippen LogP contribution in [0, 0.1) is 11.8 Å². The van der Waals surface area contributed by atoms with E-state index in [4.69, 9.17) is 0 Å². The maximum atomic E-state index is 10.7. The van der Waals surface area contributed by atoms with Crippen molar-refractivity contribution in [3.8, 4) is 11.8 Å². The second-order valence-electron chi connectivity index (χ2n) is 4.46. The summed E-state index contributed by atoms with van der Waals surface area (Å²) in [6.07, 6.45) is 0. The van der Waals surface area contributed by atoms with Crippen LogP contribution in [0.1, 0.15) is 19.4 Å². The van der Waals surface area contributed by atoms with E-state index in [9.17, 15) is 4.79 Å². The van der Waals surface area contributed by atoms with Crippen LogP contribution in [0.2, 0.25) is 0 Å². The summed E-state index contributed by atoms with van der Waals surface area (Å²) >= 11 is 3.65. The first-order chi connectivity index (χ1) is 7.92. The predicted molar refractivity (Wildman–Crippen MR) is 73.8 cm³/mol. The summed E-state index contributed by atoms with van der Waals surface area (Å²) in [6, 6.07) is 10.2. The van der Waals surface area contributed by atoms with Gasteiger partial charge in [0.2, 0.25) is 0 Å². The second-order valence-corrected chi connectivity index (χ2v) is 4.86. The van der Waals surface area contributed by atoms with E-state index < -0.39 is 5.12 Å². The third-order valence-corrected chi connectivity index (χ3v) is 2.80. The third kappa shape index (κ3) is 4.64. The number of thiol groups is 1. The van der Waals surface area contributed by atoms with Crippen molar-refractivity contribution < 1.29 is 4.79 Å². The summed E-state index contributed by atoms with van der Waals surface area (Å²) in [7, 11) is 1.99. The lowest BCUT2D eigenvalue weighted by Gasteiger charge is -2.30. The molecule has 2 nitrogen and oxygen atoms in total. The van der Waals surface area contributed by atoms with Crippen LogP contribution in [0.5, 0.6) is 0 Å². The molecule has 90 valence electrons. The zero-order valence-corrected chi connectivity index (χ0v) is 11.3. The van der Waals surface area contributed by atoms with Crippen LogP contribution in [0.25, 0.3) is 0 Å². The largest absolute Gasteiger partial charge is 0.287 e. The molecule has 3 heteroatoms. The average Bonchev–Trinajstić information content (AvgIpc) is 2.28. The molecule has 0 unspecified atom stereocenters. The number of benzene rings is 1. The van der Waals surface area contributed by atoms with Crippen LogP contribution < -0.4 is 0 Å². The molecule has 0 amide bonds. The average molecular weight is 247 g/mol. The van der Waals surface area contributed by atoms with Gasteiger partial charge in [0.25, 0.3) is 5.12 Å². The Morgan fingerprint density at radius 1 is 1.35 bits per heavy atom. The molecular weight excluding hydrogens is 230 g/mol. The summed E-state index contributed by atoms with van der Waals surface area (Å²) < 4.78 is 0. The highest BCUT2D eigenvalue weighted by Crippen LogP contribution is 2.14. The smallest absolute Gasteiger partial charge is 0.259 e. The van der Waals surface area contributed by atoms with E-state index in [1.165, 1.54) is 5.56 Å². The zero-order chi connectivity index (χ0) is 12.9. The SMILES string of the molecule is CN(Cc1ccccc1)C(C)(C)C#CC(=O)S. The molecule has 0 fully saturated rings. The van der Waals surface area contributed by atoms with Crippen molar-refractivity contribution in [2.75, 3.05) is 7.05 Å². The number of carbonyl (C=O) groups excluding carboxylic acids is 1. The van der Waals surface area contributed by atoms with Gasteiger partial charge in [0, 0.05) is 6.54 Å². The van der Waals surface area contributed by atoms with E-state index in [1.807, 2.05) is 39.1 Å². The molecule has 0 aliphatic carbocycles. The lowest BCUT2D eigenvalue weighted by atomic mass is 10.0. The molecule has 0 N–H and O–H groups in total. The van der Waals surface area contributed by atoms with Gasteiger partial charge in [0.1, 0.15) is 0 Å². The highest BCUT2D eigenvalue weighted by molar-refractivity contribution is 7.97. The summed E-state index contributed by atoms with van der Waals surface area (Å²) in [6.45, 7) is 4.77. The highest BCUT2D eigenvalue weighted by Gasteiger charge is 2.20. The Kier molecular flexibility index (Phi) is 4.80. The minimum absolute atomic E-state index is 0.353. The third-order valence-electron chi connectivity index (χ3n) is 2.69. The van der Waals surface area contributed by atoms with Gasteiger partial charge in [-0.1, -0.05) is 48.9 Å². The standard InChI is InChI=1S/C14H17NOS/c1-14(2,10-9-13(16)17)15(3)11-12-7-5-4-6-8-12/h4-8H,11H2,1-3H3,(H,16,17). The van der Waals surface area contributed by atoms with Gasteiger partial charge in [-0.05, 0) is 32.4 Å². The molecule has 0 aliphatic rings. The molecule has 1 aromatic rings. The minimum atomic E-state index is -0.397. The Bertz CT molecular complexity index is 442. The van der Waals surface area contributed by atoms with Crippen molar-refractivity contribution in [2.45, 2.75) is 25.9 Å². The molecule has 0 saturated carbocycles. The Morgan fingerprint density at radius 2 is 1.94 bits per heavy atom. The van der Waals surface area contributed by atoms with E-state index in [1.54, 1.807) is 0 Å². The zero-order valence-electron chi connectivity index (χ0n) is 10.4. The van der Waals surface area contributed by atoms with Gasteiger partial charge in [-0.3, -0.25) is 9.69 Å². The summed E-state index contributed by atoms with van der Waals surface area (Å²) in [4.78, 5) is 12.8. The van der Waals surface area contributed by atoms with E-state index in [2.05, 4.69) is 41.5 Å². The highest BCUT2D eigenvalue weighted by atomic mass is 32.1. The molecule has 0 saturated heterocycles. The predicted octanol–water partition coefficient (Wildman–Crippen LogP) is 2.36. The lowest BCUT2D eigenvalue weighted by molar-refractivity contribution is -0.106. The maximum Gasteiger partial charge on any atom is 0.259 e. The van der Waals surface area contributed by atoms with Crippen LogP contribution in [-0.4, -0.2) is 22.6 Å². The molecule has 1 aromatic carbocycles. The van der Waals surface area contributed by atoms with Crippen molar-refractivity contribution in [1.29, 1.82) is 0 Å². The van der Waals surface area contributed by atoms with E-state index in [-0.39, 0.29) is 5.54 Å². The molecule has 0 atom stereocenters. The fourth-order valence-electron chi connectivity index (χ4n) is 1.36. The molecular formula is C14H17NOS. The fraction of sp³-hybridized carbons (Fsp3) is 0.357. The number of nitrogens with zero attached hydrogens (tertiary/aromatic N) is 1. The molecule has 0 bridgehead atoms. The molecule has 0 heterocycles. The van der Waals surface area contributed by atoms with Gasteiger partial charge in [0.15, 0.2) is 0 Å². The van der Waals surface area contributed by atoms with Crippen molar-refractivity contribution in [3.05, 3.63) is 35.9 Å². The summed E-state index contributed by atoms with van der Waals surface area (Å²) in [5.41, 5.74) is 0.871. The normalized spacial score (nSPS) is 10.9. The quantitative estimate of drug-likeness (QED) is 0.653.